The minimum Gasteiger partial charge on any atom is -0.322 e. The van der Waals surface area contributed by atoms with E-state index in [1.807, 2.05) is 4.68 Å². The van der Waals surface area contributed by atoms with Crippen LogP contribution in [0.1, 0.15) is 43.8 Å². The van der Waals surface area contributed by atoms with E-state index < -0.39 is 0 Å². The Labute approximate surface area is 126 Å². The van der Waals surface area contributed by atoms with Gasteiger partial charge in [-0.25, -0.2) is 0 Å². The molecular weight excluding hydrogens is 272 g/mol. The van der Waals surface area contributed by atoms with Crippen LogP contribution in [0.3, 0.4) is 0 Å². The van der Waals surface area contributed by atoms with Crippen LogP contribution >= 0.6 is 11.6 Å². The van der Waals surface area contributed by atoms with Gasteiger partial charge in [0.05, 0.1) is 29.5 Å². The van der Waals surface area contributed by atoms with Crippen molar-refractivity contribution in [2.24, 2.45) is 5.73 Å². The number of halogens is 1. The number of aromatic nitrogens is 2. The van der Waals surface area contributed by atoms with Crippen molar-refractivity contribution in [3.63, 3.8) is 0 Å². The molecule has 4 nitrogen and oxygen atoms in total. The van der Waals surface area contributed by atoms with Crippen LogP contribution in [0.25, 0.3) is 0 Å². The van der Waals surface area contributed by atoms with Gasteiger partial charge in [-0.1, -0.05) is 23.3 Å². The van der Waals surface area contributed by atoms with Crippen molar-refractivity contribution in [1.29, 1.82) is 0 Å². The number of nitrogens with two attached hydrogens (primary N) is 1. The van der Waals surface area contributed by atoms with Gasteiger partial charge in [0.1, 0.15) is 0 Å². The van der Waals surface area contributed by atoms with E-state index in [9.17, 15) is 0 Å². The zero-order valence-corrected chi connectivity index (χ0v) is 13.2. The van der Waals surface area contributed by atoms with Crippen LogP contribution in [0.4, 0.5) is 0 Å². The molecule has 1 unspecified atom stereocenters. The summed E-state index contributed by atoms with van der Waals surface area (Å²) in [7, 11) is 4.11. The summed E-state index contributed by atoms with van der Waals surface area (Å²) in [4.78, 5) is 2.13. The Balaban J connectivity index is 2.06. The standard InChI is InChI=1S/C15H25ClN4/c1-19(2)8-9-20-15(13(16)11-18-20)14(17)10-12-6-4-3-5-7-12/h6,11,14H,3-5,7-10,17H2,1-2H3. The molecule has 0 aromatic carbocycles. The van der Waals surface area contributed by atoms with Crippen molar-refractivity contribution >= 4 is 11.6 Å². The molecule has 0 saturated heterocycles. The molecular formula is C15H25ClN4. The van der Waals surface area contributed by atoms with Gasteiger partial charge in [0.15, 0.2) is 0 Å². The summed E-state index contributed by atoms with van der Waals surface area (Å²) < 4.78 is 1.95. The second-order valence-corrected chi connectivity index (χ2v) is 6.23. The van der Waals surface area contributed by atoms with Crippen molar-refractivity contribution in [2.75, 3.05) is 20.6 Å². The van der Waals surface area contributed by atoms with Crippen LogP contribution in [-0.2, 0) is 6.54 Å². The number of nitrogens with zero attached hydrogens (tertiary/aromatic N) is 3. The third kappa shape index (κ3) is 4.08. The summed E-state index contributed by atoms with van der Waals surface area (Å²) in [5, 5.41) is 5.05. The van der Waals surface area contributed by atoms with E-state index >= 15 is 0 Å². The summed E-state index contributed by atoms with van der Waals surface area (Å²) in [5.41, 5.74) is 8.82. The fourth-order valence-corrected chi connectivity index (χ4v) is 2.96. The predicted molar refractivity (Wildman–Crippen MR) is 83.9 cm³/mol. The highest BCUT2D eigenvalue weighted by molar-refractivity contribution is 6.31. The molecule has 1 aromatic rings. The van der Waals surface area contributed by atoms with E-state index in [1.54, 1.807) is 6.20 Å². The molecule has 112 valence electrons. The zero-order valence-electron chi connectivity index (χ0n) is 12.5. The first-order valence-electron chi connectivity index (χ1n) is 7.37. The van der Waals surface area contributed by atoms with E-state index in [4.69, 9.17) is 17.3 Å². The molecule has 0 fully saturated rings. The quantitative estimate of drug-likeness (QED) is 0.821. The Bertz CT molecular complexity index is 464. The van der Waals surface area contributed by atoms with Crippen molar-refractivity contribution in [3.05, 3.63) is 28.6 Å². The molecule has 0 bridgehead atoms. The predicted octanol–water partition coefficient (Wildman–Crippen LogP) is 2.99. The van der Waals surface area contributed by atoms with Crippen LogP contribution in [0.15, 0.2) is 17.8 Å². The summed E-state index contributed by atoms with van der Waals surface area (Å²) in [6.07, 6.45) is 9.91. The lowest BCUT2D eigenvalue weighted by Gasteiger charge is -2.19. The van der Waals surface area contributed by atoms with Gasteiger partial charge >= 0.3 is 0 Å². The molecule has 2 N–H and O–H groups in total. The average molecular weight is 297 g/mol. The molecule has 0 amide bonds. The first-order valence-corrected chi connectivity index (χ1v) is 7.75. The third-order valence-electron chi connectivity index (χ3n) is 3.81. The summed E-state index contributed by atoms with van der Waals surface area (Å²) >= 11 is 6.28. The SMILES string of the molecule is CN(C)CCn1ncc(Cl)c1C(N)CC1=CCCCC1. The van der Waals surface area contributed by atoms with Gasteiger partial charge in [-0.05, 0) is 46.2 Å². The minimum absolute atomic E-state index is 0.0588. The number of rotatable bonds is 6. The van der Waals surface area contributed by atoms with Gasteiger partial charge in [0, 0.05) is 6.54 Å². The molecule has 1 aliphatic carbocycles. The maximum absolute atomic E-state index is 6.38. The van der Waals surface area contributed by atoms with Crippen molar-refractivity contribution in [1.82, 2.24) is 14.7 Å². The molecule has 1 heterocycles. The first-order chi connectivity index (χ1) is 9.58. The van der Waals surface area contributed by atoms with Crippen LogP contribution in [0.5, 0.6) is 0 Å². The molecule has 1 aromatic heterocycles. The van der Waals surface area contributed by atoms with Gasteiger partial charge in [-0.15, -0.1) is 0 Å². The highest BCUT2D eigenvalue weighted by Crippen LogP contribution is 2.29. The van der Waals surface area contributed by atoms with Gasteiger partial charge in [-0.3, -0.25) is 4.68 Å². The highest BCUT2D eigenvalue weighted by atomic mass is 35.5. The molecule has 20 heavy (non-hydrogen) atoms. The van der Waals surface area contributed by atoms with Crippen LogP contribution < -0.4 is 5.73 Å². The molecule has 0 radical (unpaired) electrons. The number of allylic oxidation sites excluding steroid dienone is 1. The average Bonchev–Trinajstić information content (AvgIpc) is 2.78. The van der Waals surface area contributed by atoms with Crippen molar-refractivity contribution in [2.45, 2.75) is 44.7 Å². The lowest BCUT2D eigenvalue weighted by atomic mass is 9.93. The minimum atomic E-state index is -0.0588. The van der Waals surface area contributed by atoms with E-state index in [1.165, 1.54) is 31.3 Å². The number of likely N-dealkylation sites (N-methyl/N-ethyl adjacent to an activating group) is 1. The van der Waals surface area contributed by atoms with E-state index in [0.717, 1.165) is 25.2 Å². The normalized spacial score (nSPS) is 17.4. The van der Waals surface area contributed by atoms with E-state index in [2.05, 4.69) is 30.2 Å². The monoisotopic (exact) mass is 296 g/mol. The van der Waals surface area contributed by atoms with Crippen molar-refractivity contribution < 1.29 is 0 Å². The van der Waals surface area contributed by atoms with E-state index in [-0.39, 0.29) is 6.04 Å². The summed E-state index contributed by atoms with van der Waals surface area (Å²) in [6, 6.07) is -0.0588. The van der Waals surface area contributed by atoms with Gasteiger partial charge in [-0.2, -0.15) is 5.10 Å². The fourth-order valence-electron chi connectivity index (χ4n) is 2.68. The summed E-state index contributed by atoms with van der Waals surface area (Å²) in [6.45, 7) is 1.75. The van der Waals surface area contributed by atoms with Gasteiger partial charge in [0.2, 0.25) is 0 Å². The maximum atomic E-state index is 6.38. The Morgan fingerprint density at radius 1 is 1.45 bits per heavy atom. The second kappa shape index (κ2) is 7.25. The van der Waals surface area contributed by atoms with Gasteiger partial charge < -0.3 is 10.6 Å². The lowest BCUT2D eigenvalue weighted by Crippen LogP contribution is -2.23. The Morgan fingerprint density at radius 3 is 2.90 bits per heavy atom. The third-order valence-corrected chi connectivity index (χ3v) is 4.10. The fraction of sp³-hybridized carbons (Fsp3) is 0.667. The van der Waals surface area contributed by atoms with Crippen molar-refractivity contribution in [3.8, 4) is 0 Å². The topological polar surface area (TPSA) is 47.1 Å². The molecule has 0 spiro atoms. The first kappa shape index (κ1) is 15.5. The molecule has 1 aliphatic rings. The lowest BCUT2D eigenvalue weighted by molar-refractivity contribution is 0.366. The largest absolute Gasteiger partial charge is 0.322 e. The molecule has 1 atom stereocenters. The van der Waals surface area contributed by atoms with E-state index in [0.29, 0.717) is 5.02 Å². The Kier molecular flexibility index (Phi) is 5.64. The van der Waals surface area contributed by atoms with Gasteiger partial charge in [0.25, 0.3) is 0 Å². The smallest absolute Gasteiger partial charge is 0.0834 e. The number of hydrogen-bond acceptors (Lipinski definition) is 3. The molecule has 0 aliphatic heterocycles. The Morgan fingerprint density at radius 2 is 2.25 bits per heavy atom. The maximum Gasteiger partial charge on any atom is 0.0834 e. The Hall–Kier alpha value is -0.840. The van der Waals surface area contributed by atoms with Crippen LogP contribution in [0, 0.1) is 0 Å². The summed E-state index contributed by atoms with van der Waals surface area (Å²) in [5.74, 6) is 0. The molecule has 5 heteroatoms. The molecule has 0 saturated carbocycles. The highest BCUT2D eigenvalue weighted by Gasteiger charge is 2.19. The molecule has 2 rings (SSSR count). The van der Waals surface area contributed by atoms with Crippen LogP contribution in [-0.4, -0.2) is 35.3 Å². The second-order valence-electron chi connectivity index (χ2n) is 5.82. The zero-order chi connectivity index (χ0) is 14.5. The van der Waals surface area contributed by atoms with Crippen LogP contribution in [0.2, 0.25) is 5.02 Å². The number of hydrogen-bond donors (Lipinski definition) is 1.